The molecule has 0 aliphatic heterocycles. The summed E-state index contributed by atoms with van der Waals surface area (Å²) in [5.74, 6) is 0. The Bertz CT molecular complexity index is 640. The van der Waals surface area contributed by atoms with Crippen LogP contribution in [0.15, 0.2) is 48.5 Å². The molecule has 0 unspecified atom stereocenters. The molecule has 0 bridgehead atoms. The number of nitrogens with zero attached hydrogens (tertiary/aromatic N) is 2. The molecule has 102 valence electrons. The van der Waals surface area contributed by atoms with E-state index < -0.39 is 9.85 Å². The minimum atomic E-state index is -0.473. The highest BCUT2D eigenvalue weighted by Crippen LogP contribution is 2.24. The zero-order valence-electron chi connectivity index (χ0n) is 10.4. The highest BCUT2D eigenvalue weighted by atomic mass is 16.6. The molecule has 0 radical (unpaired) electrons. The zero-order valence-corrected chi connectivity index (χ0v) is 10.4. The summed E-state index contributed by atoms with van der Waals surface area (Å²) in [6.45, 7) is 0.350. The molecule has 2 rings (SSSR count). The molecule has 0 aromatic heterocycles. The van der Waals surface area contributed by atoms with Gasteiger partial charge in [0.25, 0.3) is 11.4 Å². The van der Waals surface area contributed by atoms with Crippen LogP contribution in [0.3, 0.4) is 0 Å². The molecule has 0 fully saturated rings. The maximum absolute atomic E-state index is 10.8. The Kier molecular flexibility index (Phi) is 3.90. The third-order valence-corrected chi connectivity index (χ3v) is 2.73. The van der Waals surface area contributed by atoms with Gasteiger partial charge in [-0.25, -0.2) is 0 Å². The summed E-state index contributed by atoms with van der Waals surface area (Å²) in [6, 6.07) is 12.3. The Morgan fingerprint density at radius 3 is 2.15 bits per heavy atom. The van der Waals surface area contributed by atoms with Crippen molar-refractivity contribution in [3.63, 3.8) is 0 Å². The number of hydrogen-bond donors (Lipinski definition) is 1. The van der Waals surface area contributed by atoms with Crippen LogP contribution in [-0.2, 0) is 6.54 Å². The SMILES string of the molecule is O=[N+]([O-])c1ccc(CNc2ccccc2[N+](=O)[O-])cc1. The van der Waals surface area contributed by atoms with Crippen molar-refractivity contribution in [3.8, 4) is 0 Å². The highest BCUT2D eigenvalue weighted by Gasteiger charge is 2.11. The lowest BCUT2D eigenvalue weighted by atomic mass is 10.2. The van der Waals surface area contributed by atoms with Crippen molar-refractivity contribution in [2.45, 2.75) is 6.54 Å². The van der Waals surface area contributed by atoms with E-state index in [-0.39, 0.29) is 11.4 Å². The topological polar surface area (TPSA) is 98.3 Å². The van der Waals surface area contributed by atoms with Crippen molar-refractivity contribution < 1.29 is 9.85 Å². The van der Waals surface area contributed by atoms with E-state index >= 15 is 0 Å². The fourth-order valence-corrected chi connectivity index (χ4v) is 1.72. The van der Waals surface area contributed by atoms with Gasteiger partial charge >= 0.3 is 0 Å². The van der Waals surface area contributed by atoms with Gasteiger partial charge < -0.3 is 5.32 Å². The standard InChI is InChI=1S/C13H11N3O4/c17-15(18)11-7-5-10(6-8-11)9-14-12-3-1-2-4-13(12)16(19)20/h1-8,14H,9H2. The van der Waals surface area contributed by atoms with Crippen molar-refractivity contribution >= 4 is 17.1 Å². The lowest BCUT2D eigenvalue weighted by Gasteiger charge is -2.06. The summed E-state index contributed by atoms with van der Waals surface area (Å²) >= 11 is 0. The van der Waals surface area contributed by atoms with Crippen LogP contribution < -0.4 is 5.32 Å². The molecular weight excluding hydrogens is 262 g/mol. The van der Waals surface area contributed by atoms with Gasteiger partial charge in [-0.3, -0.25) is 20.2 Å². The van der Waals surface area contributed by atoms with Crippen LogP contribution in [0, 0.1) is 20.2 Å². The highest BCUT2D eigenvalue weighted by molar-refractivity contribution is 5.61. The molecule has 0 aliphatic carbocycles. The van der Waals surface area contributed by atoms with Crippen LogP contribution in [0.5, 0.6) is 0 Å². The van der Waals surface area contributed by atoms with E-state index in [0.29, 0.717) is 12.2 Å². The lowest BCUT2D eigenvalue weighted by molar-refractivity contribution is -0.384. The third kappa shape index (κ3) is 3.08. The molecule has 7 heteroatoms. The normalized spacial score (nSPS) is 10.0. The fraction of sp³-hybridized carbons (Fsp3) is 0.0769. The van der Waals surface area contributed by atoms with E-state index in [1.807, 2.05) is 0 Å². The molecule has 0 saturated heterocycles. The van der Waals surface area contributed by atoms with Crippen LogP contribution >= 0.6 is 0 Å². The van der Waals surface area contributed by atoms with E-state index in [4.69, 9.17) is 0 Å². The molecule has 0 saturated carbocycles. The van der Waals surface area contributed by atoms with Gasteiger partial charge in [-0.2, -0.15) is 0 Å². The first-order valence-corrected chi connectivity index (χ1v) is 5.78. The molecule has 2 aromatic rings. The number of nitrogens with one attached hydrogen (secondary N) is 1. The maximum atomic E-state index is 10.8. The third-order valence-electron chi connectivity index (χ3n) is 2.73. The second-order valence-electron chi connectivity index (χ2n) is 4.05. The Labute approximate surface area is 114 Å². The second kappa shape index (κ2) is 5.79. The Morgan fingerprint density at radius 2 is 1.55 bits per heavy atom. The van der Waals surface area contributed by atoms with Crippen LogP contribution in [0.25, 0.3) is 0 Å². The summed E-state index contributed by atoms with van der Waals surface area (Å²) in [5, 5.41) is 24.3. The van der Waals surface area contributed by atoms with E-state index in [1.165, 1.54) is 18.2 Å². The minimum absolute atomic E-state index is 0.00517. The molecule has 0 amide bonds. The number of benzene rings is 2. The summed E-state index contributed by atoms with van der Waals surface area (Å²) in [4.78, 5) is 20.4. The average Bonchev–Trinajstić information content (AvgIpc) is 2.45. The number of anilines is 1. The minimum Gasteiger partial charge on any atom is -0.375 e. The Hall–Kier alpha value is -2.96. The smallest absolute Gasteiger partial charge is 0.292 e. The van der Waals surface area contributed by atoms with Gasteiger partial charge in [0.05, 0.1) is 9.85 Å². The first kappa shape index (κ1) is 13.5. The fourth-order valence-electron chi connectivity index (χ4n) is 1.72. The van der Waals surface area contributed by atoms with Gasteiger partial charge in [-0.15, -0.1) is 0 Å². The maximum Gasteiger partial charge on any atom is 0.292 e. The first-order chi connectivity index (χ1) is 9.58. The van der Waals surface area contributed by atoms with Crippen molar-refractivity contribution in [3.05, 3.63) is 74.3 Å². The summed E-state index contributed by atoms with van der Waals surface area (Å²) < 4.78 is 0. The van der Waals surface area contributed by atoms with E-state index in [9.17, 15) is 20.2 Å². The monoisotopic (exact) mass is 273 g/mol. The molecule has 7 nitrogen and oxygen atoms in total. The van der Waals surface area contributed by atoms with Gasteiger partial charge in [-0.05, 0) is 11.6 Å². The van der Waals surface area contributed by atoms with Gasteiger partial charge in [-0.1, -0.05) is 24.3 Å². The first-order valence-electron chi connectivity index (χ1n) is 5.78. The van der Waals surface area contributed by atoms with Crippen LogP contribution in [-0.4, -0.2) is 9.85 Å². The quantitative estimate of drug-likeness (QED) is 0.666. The van der Waals surface area contributed by atoms with Crippen LogP contribution in [0.2, 0.25) is 0 Å². The number of para-hydroxylation sites is 2. The predicted octanol–water partition coefficient (Wildman–Crippen LogP) is 3.12. The molecule has 1 N–H and O–H groups in total. The number of non-ortho nitro benzene ring substituents is 1. The largest absolute Gasteiger partial charge is 0.375 e. The van der Waals surface area contributed by atoms with E-state index in [2.05, 4.69) is 5.32 Å². The molecular formula is C13H11N3O4. The van der Waals surface area contributed by atoms with E-state index in [1.54, 1.807) is 30.3 Å². The lowest BCUT2D eigenvalue weighted by Crippen LogP contribution is -2.02. The number of hydrogen-bond acceptors (Lipinski definition) is 5. The molecule has 0 aliphatic rings. The molecule has 20 heavy (non-hydrogen) atoms. The molecule has 0 heterocycles. The number of nitro benzene ring substituents is 2. The van der Waals surface area contributed by atoms with Crippen molar-refractivity contribution in [2.75, 3.05) is 5.32 Å². The zero-order chi connectivity index (χ0) is 14.5. The number of nitro groups is 2. The summed E-state index contributed by atoms with van der Waals surface area (Å²) in [5.41, 5.74) is 1.22. The van der Waals surface area contributed by atoms with Crippen LogP contribution in [0.4, 0.5) is 17.1 Å². The summed E-state index contributed by atoms with van der Waals surface area (Å²) in [7, 11) is 0. The van der Waals surface area contributed by atoms with Gasteiger partial charge in [0.2, 0.25) is 0 Å². The van der Waals surface area contributed by atoms with Crippen molar-refractivity contribution in [1.82, 2.24) is 0 Å². The Balaban J connectivity index is 2.09. The molecule has 2 aromatic carbocycles. The van der Waals surface area contributed by atoms with Crippen molar-refractivity contribution in [1.29, 1.82) is 0 Å². The number of rotatable bonds is 5. The second-order valence-corrected chi connectivity index (χ2v) is 4.05. The van der Waals surface area contributed by atoms with Gasteiger partial charge in [0, 0.05) is 24.7 Å². The van der Waals surface area contributed by atoms with Gasteiger partial charge in [0.1, 0.15) is 5.69 Å². The summed E-state index contributed by atoms with van der Waals surface area (Å²) in [6.07, 6.45) is 0. The predicted molar refractivity (Wildman–Crippen MR) is 73.5 cm³/mol. The van der Waals surface area contributed by atoms with Crippen molar-refractivity contribution in [2.24, 2.45) is 0 Å². The Morgan fingerprint density at radius 1 is 0.900 bits per heavy atom. The van der Waals surface area contributed by atoms with Gasteiger partial charge in [0.15, 0.2) is 0 Å². The molecule has 0 spiro atoms. The van der Waals surface area contributed by atoms with Crippen LogP contribution in [0.1, 0.15) is 5.56 Å². The molecule has 0 atom stereocenters. The van der Waals surface area contributed by atoms with E-state index in [0.717, 1.165) is 5.56 Å². The average molecular weight is 273 g/mol.